The third-order valence-electron chi connectivity index (χ3n) is 3.48. The predicted molar refractivity (Wildman–Crippen MR) is 103 cm³/mol. The predicted octanol–water partition coefficient (Wildman–Crippen LogP) is 6.49. The first-order valence-corrected chi connectivity index (χ1v) is 9.10. The summed E-state index contributed by atoms with van der Waals surface area (Å²) in [5.74, 6) is 0.932. The van der Waals surface area contributed by atoms with Gasteiger partial charge in [-0.3, -0.25) is 0 Å². The molecule has 0 bridgehead atoms. The molecule has 2 aromatic carbocycles. The lowest BCUT2D eigenvalue weighted by Crippen LogP contribution is -1.95. The van der Waals surface area contributed by atoms with Gasteiger partial charge in [-0.05, 0) is 42.5 Å². The quantitative estimate of drug-likeness (QED) is 0.277. The first kappa shape index (κ1) is 17.1. The molecule has 0 aliphatic carbocycles. The van der Waals surface area contributed by atoms with Crippen molar-refractivity contribution in [3.05, 3.63) is 77.9 Å². The van der Waals surface area contributed by atoms with Gasteiger partial charge in [0.15, 0.2) is 0 Å². The van der Waals surface area contributed by atoms with Crippen LogP contribution in [0.15, 0.2) is 66.7 Å². The molecule has 2 aromatic rings. The van der Waals surface area contributed by atoms with Crippen molar-refractivity contribution >= 4 is 22.6 Å². The first-order chi connectivity index (χ1) is 10.8. The smallest absolute Gasteiger partial charge is 0.119 e. The minimum atomic E-state index is 0.558. The molecule has 0 fully saturated rings. The molecule has 116 valence electrons. The summed E-state index contributed by atoms with van der Waals surface area (Å²) in [4.78, 5) is 0. The zero-order valence-corrected chi connectivity index (χ0v) is 15.2. The topological polar surface area (TPSA) is 9.23 Å². The van der Waals surface area contributed by atoms with Crippen molar-refractivity contribution in [1.82, 2.24) is 0 Å². The number of ether oxygens (including phenoxy) is 1. The van der Waals surface area contributed by atoms with Crippen molar-refractivity contribution in [3.8, 4) is 5.75 Å². The Morgan fingerprint density at radius 1 is 1.00 bits per heavy atom. The van der Waals surface area contributed by atoms with Gasteiger partial charge in [0.05, 0.1) is 0 Å². The lowest BCUT2D eigenvalue weighted by Gasteiger charge is -2.11. The second-order valence-corrected chi connectivity index (χ2v) is 6.77. The van der Waals surface area contributed by atoms with Crippen molar-refractivity contribution in [2.75, 3.05) is 0 Å². The Morgan fingerprint density at radius 3 is 2.41 bits per heavy atom. The van der Waals surface area contributed by atoms with Gasteiger partial charge in [0.2, 0.25) is 0 Å². The third kappa shape index (κ3) is 5.84. The van der Waals surface area contributed by atoms with Crippen molar-refractivity contribution in [3.63, 3.8) is 0 Å². The largest absolute Gasteiger partial charge is 0.489 e. The second-order valence-electron chi connectivity index (χ2n) is 5.27. The van der Waals surface area contributed by atoms with Crippen LogP contribution in [0.1, 0.15) is 41.2 Å². The Labute approximate surface area is 147 Å². The summed E-state index contributed by atoms with van der Waals surface area (Å²) < 4.78 is 6.38. The monoisotopic (exact) mass is 406 g/mol. The maximum absolute atomic E-state index is 5.83. The van der Waals surface area contributed by atoms with Crippen LogP contribution in [-0.2, 0) is 6.61 Å². The molecule has 1 atom stereocenters. The summed E-state index contributed by atoms with van der Waals surface area (Å²) >= 11 is 2.53. The highest BCUT2D eigenvalue weighted by molar-refractivity contribution is 14.1. The SMILES string of the molecule is CCC=CCCC(I)c1ccc(OCc2ccccc2)cc1. The average molecular weight is 406 g/mol. The summed E-state index contributed by atoms with van der Waals surface area (Å²) in [6, 6.07) is 18.8. The fourth-order valence-electron chi connectivity index (χ4n) is 2.21. The van der Waals surface area contributed by atoms with E-state index in [4.69, 9.17) is 4.74 Å². The van der Waals surface area contributed by atoms with Crippen LogP contribution in [-0.4, -0.2) is 0 Å². The van der Waals surface area contributed by atoms with Crippen molar-refractivity contribution in [1.29, 1.82) is 0 Å². The highest BCUT2D eigenvalue weighted by Gasteiger charge is 2.06. The molecule has 2 heteroatoms. The molecule has 0 aliphatic rings. The number of hydrogen-bond donors (Lipinski definition) is 0. The van der Waals surface area contributed by atoms with Crippen molar-refractivity contribution in [2.45, 2.75) is 36.7 Å². The van der Waals surface area contributed by atoms with Gasteiger partial charge in [-0.25, -0.2) is 0 Å². The van der Waals surface area contributed by atoms with E-state index in [1.165, 1.54) is 17.5 Å². The zero-order valence-electron chi connectivity index (χ0n) is 13.0. The summed E-state index contributed by atoms with van der Waals surface area (Å²) in [5, 5.41) is 0. The maximum Gasteiger partial charge on any atom is 0.119 e. The van der Waals surface area contributed by atoms with E-state index in [1.807, 2.05) is 18.2 Å². The van der Waals surface area contributed by atoms with Crippen LogP contribution in [0.3, 0.4) is 0 Å². The Balaban J connectivity index is 1.83. The minimum Gasteiger partial charge on any atom is -0.489 e. The Bertz CT molecular complexity index is 560. The van der Waals surface area contributed by atoms with Gasteiger partial charge < -0.3 is 4.74 Å². The van der Waals surface area contributed by atoms with Gasteiger partial charge in [-0.1, -0.05) is 84.1 Å². The van der Waals surface area contributed by atoms with Gasteiger partial charge in [0.25, 0.3) is 0 Å². The Kier molecular flexibility index (Phi) is 7.50. The van der Waals surface area contributed by atoms with E-state index in [9.17, 15) is 0 Å². The van der Waals surface area contributed by atoms with E-state index in [1.54, 1.807) is 0 Å². The van der Waals surface area contributed by atoms with E-state index in [0.29, 0.717) is 10.5 Å². The van der Waals surface area contributed by atoms with Gasteiger partial charge in [-0.15, -0.1) is 0 Å². The van der Waals surface area contributed by atoms with E-state index in [2.05, 4.69) is 78.1 Å². The lowest BCUT2D eigenvalue weighted by molar-refractivity contribution is 0.306. The fourth-order valence-corrected chi connectivity index (χ4v) is 2.98. The molecule has 0 N–H and O–H groups in total. The summed E-state index contributed by atoms with van der Waals surface area (Å²) in [5.41, 5.74) is 2.57. The van der Waals surface area contributed by atoms with Crippen LogP contribution >= 0.6 is 22.6 Å². The summed E-state index contributed by atoms with van der Waals surface area (Å²) in [6.45, 7) is 2.79. The van der Waals surface area contributed by atoms with Crippen LogP contribution < -0.4 is 4.74 Å². The maximum atomic E-state index is 5.83. The molecule has 0 heterocycles. The molecule has 0 saturated heterocycles. The van der Waals surface area contributed by atoms with Crippen LogP contribution in [0.25, 0.3) is 0 Å². The van der Waals surface area contributed by atoms with Crippen LogP contribution in [0.4, 0.5) is 0 Å². The van der Waals surface area contributed by atoms with Gasteiger partial charge in [0.1, 0.15) is 12.4 Å². The van der Waals surface area contributed by atoms with E-state index in [0.717, 1.165) is 18.6 Å². The molecule has 0 amide bonds. The molecule has 22 heavy (non-hydrogen) atoms. The standard InChI is InChI=1S/C20H23IO/c1-2-3-4-8-11-20(21)18-12-14-19(15-13-18)22-16-17-9-6-5-7-10-17/h3-7,9-10,12-15,20H,2,8,11,16H2,1H3. The van der Waals surface area contributed by atoms with Crippen molar-refractivity contribution in [2.24, 2.45) is 0 Å². The van der Waals surface area contributed by atoms with E-state index in [-0.39, 0.29) is 0 Å². The van der Waals surface area contributed by atoms with Gasteiger partial charge in [0, 0.05) is 3.92 Å². The Morgan fingerprint density at radius 2 is 1.73 bits per heavy atom. The molecule has 0 aromatic heterocycles. The molecule has 0 saturated carbocycles. The molecular weight excluding hydrogens is 383 g/mol. The normalized spacial score (nSPS) is 12.5. The van der Waals surface area contributed by atoms with Crippen LogP contribution in [0.2, 0.25) is 0 Å². The molecule has 1 nitrogen and oxygen atoms in total. The average Bonchev–Trinajstić information content (AvgIpc) is 2.58. The molecule has 0 radical (unpaired) electrons. The molecule has 1 unspecified atom stereocenters. The minimum absolute atomic E-state index is 0.558. The first-order valence-electron chi connectivity index (χ1n) is 7.85. The number of alkyl halides is 1. The Hall–Kier alpha value is -1.29. The highest BCUT2D eigenvalue weighted by atomic mass is 127. The molecule has 0 spiro atoms. The van der Waals surface area contributed by atoms with Crippen LogP contribution in [0.5, 0.6) is 5.75 Å². The zero-order chi connectivity index (χ0) is 15.6. The van der Waals surface area contributed by atoms with E-state index < -0.39 is 0 Å². The van der Waals surface area contributed by atoms with Gasteiger partial charge >= 0.3 is 0 Å². The number of allylic oxidation sites excluding steroid dienone is 2. The molecular formula is C20H23IO. The second kappa shape index (κ2) is 9.67. The number of rotatable bonds is 8. The number of hydrogen-bond acceptors (Lipinski definition) is 1. The third-order valence-corrected chi connectivity index (χ3v) is 4.82. The van der Waals surface area contributed by atoms with Crippen molar-refractivity contribution < 1.29 is 4.74 Å². The summed E-state index contributed by atoms with van der Waals surface area (Å²) in [7, 11) is 0. The summed E-state index contributed by atoms with van der Waals surface area (Å²) in [6.07, 6.45) is 7.97. The molecule has 0 aliphatic heterocycles. The number of halogens is 1. The fraction of sp³-hybridized carbons (Fsp3) is 0.300. The lowest BCUT2D eigenvalue weighted by atomic mass is 10.1. The molecule has 2 rings (SSSR count). The van der Waals surface area contributed by atoms with Crippen LogP contribution in [0, 0.1) is 0 Å². The highest BCUT2D eigenvalue weighted by Crippen LogP contribution is 2.29. The van der Waals surface area contributed by atoms with E-state index >= 15 is 0 Å². The number of benzene rings is 2. The van der Waals surface area contributed by atoms with Gasteiger partial charge in [-0.2, -0.15) is 0 Å².